The number of likely N-dealkylation sites (tertiary alicyclic amines) is 1. The van der Waals surface area contributed by atoms with Gasteiger partial charge in [0.2, 0.25) is 11.8 Å². The molecule has 1 aromatic carbocycles. The molecule has 0 radical (unpaired) electrons. The van der Waals surface area contributed by atoms with E-state index in [0.29, 0.717) is 17.7 Å². The molecule has 1 aliphatic heterocycles. The number of aliphatic hydroxyl groups excluding tert-OH is 1. The van der Waals surface area contributed by atoms with E-state index in [1.807, 2.05) is 57.5 Å². The first-order chi connectivity index (χ1) is 18.2. The van der Waals surface area contributed by atoms with E-state index in [2.05, 4.69) is 31.3 Å². The van der Waals surface area contributed by atoms with Gasteiger partial charge in [-0.05, 0) is 30.9 Å². The summed E-state index contributed by atoms with van der Waals surface area (Å²) in [6, 6.07) is 6.38. The molecule has 3 aromatic rings. The van der Waals surface area contributed by atoms with Gasteiger partial charge in [-0.25, -0.2) is 4.98 Å². The van der Waals surface area contributed by atoms with Crippen molar-refractivity contribution in [3.05, 3.63) is 53.4 Å². The zero-order valence-corrected chi connectivity index (χ0v) is 24.4. The maximum atomic E-state index is 13.7. The minimum Gasteiger partial charge on any atom is -0.489 e. The quantitative estimate of drug-likeness (QED) is 0.337. The molecule has 0 spiro atoms. The van der Waals surface area contributed by atoms with Gasteiger partial charge in [0.05, 0.1) is 47.2 Å². The van der Waals surface area contributed by atoms with Crippen LogP contribution in [0, 0.1) is 12.8 Å². The largest absolute Gasteiger partial charge is 0.489 e. The van der Waals surface area contributed by atoms with E-state index in [1.54, 1.807) is 28.4 Å². The molecule has 9 nitrogen and oxygen atoms in total. The van der Waals surface area contributed by atoms with Crippen molar-refractivity contribution in [2.45, 2.75) is 58.3 Å². The lowest BCUT2D eigenvalue weighted by atomic mass is 10.0. The summed E-state index contributed by atoms with van der Waals surface area (Å²) in [7, 11) is 0. The van der Waals surface area contributed by atoms with Gasteiger partial charge >= 0.3 is 0 Å². The molecule has 0 bridgehead atoms. The van der Waals surface area contributed by atoms with Crippen LogP contribution in [-0.2, 0) is 9.59 Å². The maximum absolute atomic E-state index is 13.7. The van der Waals surface area contributed by atoms with Crippen LogP contribution in [0.25, 0.3) is 10.4 Å². The predicted octanol–water partition coefficient (Wildman–Crippen LogP) is 4.13. The van der Waals surface area contributed by atoms with E-state index in [9.17, 15) is 14.7 Å². The number of ether oxygens (including phenoxy) is 1. The van der Waals surface area contributed by atoms with Crippen LogP contribution in [0.4, 0.5) is 0 Å². The van der Waals surface area contributed by atoms with Crippen molar-refractivity contribution in [2.75, 3.05) is 18.5 Å². The Hall–Kier alpha value is -2.76. The Labute approximate surface area is 235 Å². The summed E-state index contributed by atoms with van der Waals surface area (Å²) in [6.45, 7) is 8.36. The van der Waals surface area contributed by atoms with Crippen LogP contribution < -0.4 is 10.1 Å². The molecule has 4 atom stereocenters. The van der Waals surface area contributed by atoms with E-state index >= 15 is 0 Å². The topological polar surface area (TPSA) is 110 Å². The highest BCUT2D eigenvalue weighted by atomic mass is 79.9. The monoisotopic (exact) mass is 603 g/mol. The number of aliphatic hydroxyl groups is 1. The lowest BCUT2D eigenvalue weighted by molar-refractivity contribution is -0.142. The number of halogens is 1. The number of rotatable bonds is 10. The lowest BCUT2D eigenvalue weighted by Gasteiger charge is -2.30. The second-order valence-electron chi connectivity index (χ2n) is 9.90. The van der Waals surface area contributed by atoms with E-state index < -0.39 is 18.2 Å². The van der Waals surface area contributed by atoms with Crippen molar-refractivity contribution in [1.29, 1.82) is 0 Å². The second kappa shape index (κ2) is 12.4. The minimum absolute atomic E-state index is 0.0903. The molecule has 0 aliphatic carbocycles. The fraction of sp³-hybridized carbons (Fsp3) is 0.481. The molecule has 38 heavy (non-hydrogen) atoms. The van der Waals surface area contributed by atoms with Gasteiger partial charge in [0.1, 0.15) is 12.1 Å². The number of benzene rings is 1. The molecule has 1 unspecified atom stereocenters. The van der Waals surface area contributed by atoms with E-state index in [0.717, 1.165) is 21.7 Å². The predicted molar refractivity (Wildman–Crippen MR) is 150 cm³/mol. The number of β-amino-alcohol motifs (C(OH)–C–C–N with tert-alkyl or cyclic N) is 1. The van der Waals surface area contributed by atoms with Crippen LogP contribution >= 0.6 is 27.3 Å². The first-order valence-corrected chi connectivity index (χ1v) is 14.7. The Morgan fingerprint density at radius 1 is 1.26 bits per heavy atom. The van der Waals surface area contributed by atoms with E-state index in [1.165, 1.54) is 4.90 Å². The number of carbonyl (C=O) groups is 2. The van der Waals surface area contributed by atoms with E-state index in [-0.39, 0.29) is 36.7 Å². The lowest BCUT2D eigenvalue weighted by Crippen LogP contribution is -2.49. The molecule has 1 aliphatic rings. The first kappa shape index (κ1) is 28.3. The summed E-state index contributed by atoms with van der Waals surface area (Å²) in [5, 5.41) is 18.5. The molecule has 2 aromatic heterocycles. The summed E-state index contributed by atoms with van der Waals surface area (Å²) in [4.78, 5) is 34.0. The highest BCUT2D eigenvalue weighted by molar-refractivity contribution is 9.09. The second-order valence-corrected chi connectivity index (χ2v) is 11.5. The molecule has 3 heterocycles. The number of carbonyl (C=O) groups excluding carboxylic acids is 2. The summed E-state index contributed by atoms with van der Waals surface area (Å²) >= 11 is 4.93. The summed E-state index contributed by atoms with van der Waals surface area (Å²) < 4.78 is 7.19. The van der Waals surface area contributed by atoms with Crippen molar-refractivity contribution in [3.63, 3.8) is 0 Å². The van der Waals surface area contributed by atoms with Gasteiger partial charge < -0.3 is 20.1 Å². The first-order valence-electron chi connectivity index (χ1n) is 12.7. The number of alkyl halides is 1. The highest BCUT2D eigenvalue weighted by Gasteiger charge is 2.42. The fourth-order valence-electron chi connectivity index (χ4n) is 4.78. The van der Waals surface area contributed by atoms with Crippen LogP contribution in [0.2, 0.25) is 0 Å². The van der Waals surface area contributed by atoms with Crippen LogP contribution in [0.1, 0.15) is 50.5 Å². The Balaban J connectivity index is 1.46. The molecular formula is C27H34BrN5O4S. The average molecular weight is 605 g/mol. The third kappa shape index (κ3) is 6.27. The van der Waals surface area contributed by atoms with Crippen molar-refractivity contribution in [1.82, 2.24) is 25.0 Å². The third-order valence-corrected chi connectivity index (χ3v) is 8.04. The molecule has 11 heteroatoms. The summed E-state index contributed by atoms with van der Waals surface area (Å²) in [5.74, 6) is -0.0469. The van der Waals surface area contributed by atoms with Crippen LogP contribution in [0.3, 0.4) is 0 Å². The molecule has 204 valence electrons. The van der Waals surface area contributed by atoms with Crippen molar-refractivity contribution >= 4 is 39.1 Å². The molecule has 4 rings (SSSR count). The van der Waals surface area contributed by atoms with Crippen LogP contribution in [0.15, 0.2) is 42.2 Å². The number of thiazole rings is 1. The number of nitrogens with one attached hydrogen (secondary N) is 1. The van der Waals surface area contributed by atoms with Gasteiger partial charge in [-0.3, -0.25) is 14.3 Å². The third-order valence-electron chi connectivity index (χ3n) is 6.74. The normalized spacial score (nSPS) is 19.0. The Kier molecular flexibility index (Phi) is 9.22. The summed E-state index contributed by atoms with van der Waals surface area (Å²) in [5.41, 5.74) is 4.86. The Bertz CT molecular complexity index is 1240. The molecule has 2 amide bonds. The Morgan fingerprint density at radius 3 is 2.63 bits per heavy atom. The van der Waals surface area contributed by atoms with Crippen molar-refractivity contribution in [2.24, 2.45) is 5.92 Å². The van der Waals surface area contributed by atoms with Gasteiger partial charge in [-0.2, -0.15) is 5.10 Å². The average Bonchev–Trinajstić information content (AvgIpc) is 3.62. The van der Waals surface area contributed by atoms with Gasteiger partial charge in [-0.1, -0.05) is 54.0 Å². The van der Waals surface area contributed by atoms with Gasteiger partial charge in [0, 0.05) is 18.3 Å². The zero-order chi connectivity index (χ0) is 27.4. The number of aryl methyl sites for hydroxylation is 1. The molecule has 1 fully saturated rings. The smallest absolute Gasteiger partial charge is 0.248 e. The standard InChI is InChI=1S/C27H34BrN5O4S/c1-16(2)24(33-14-22(12-30-33)37-10-9-28)27(36)32-13-21(34)11-23(32)26(35)31-17(3)19-5-7-20(8-6-19)25-18(4)29-15-38-25/h5-8,12,14-17,21,23-24,34H,9-11,13H2,1-4H3,(H,31,35)/t17-,21+,23-,24?/m0/s1. The molecule has 1 saturated heterocycles. The molecule has 2 N–H and O–H groups in total. The number of hydrogen-bond acceptors (Lipinski definition) is 7. The van der Waals surface area contributed by atoms with Gasteiger partial charge in [0.15, 0.2) is 5.75 Å². The van der Waals surface area contributed by atoms with Crippen molar-refractivity contribution < 1.29 is 19.4 Å². The van der Waals surface area contributed by atoms with Gasteiger partial charge in [-0.15, -0.1) is 11.3 Å². The number of aromatic nitrogens is 3. The number of hydrogen-bond donors (Lipinski definition) is 2. The maximum Gasteiger partial charge on any atom is 0.248 e. The highest BCUT2D eigenvalue weighted by Crippen LogP contribution is 2.30. The van der Waals surface area contributed by atoms with Crippen LogP contribution in [-0.4, -0.2) is 67.2 Å². The SMILES string of the molecule is Cc1ncsc1-c1ccc([C@H](C)NC(=O)[C@@H]2C[C@@H](O)CN2C(=O)C(C(C)C)n2cc(OCCBr)cn2)cc1. The number of amides is 2. The number of nitrogens with zero attached hydrogens (tertiary/aromatic N) is 4. The Morgan fingerprint density at radius 2 is 2.00 bits per heavy atom. The summed E-state index contributed by atoms with van der Waals surface area (Å²) in [6.07, 6.45) is 2.71. The molecular weight excluding hydrogens is 570 g/mol. The van der Waals surface area contributed by atoms with Gasteiger partial charge in [0.25, 0.3) is 0 Å². The molecule has 0 saturated carbocycles. The zero-order valence-electron chi connectivity index (χ0n) is 22.0. The minimum atomic E-state index is -0.768. The van der Waals surface area contributed by atoms with Crippen LogP contribution in [0.5, 0.6) is 5.75 Å². The van der Waals surface area contributed by atoms with Crippen molar-refractivity contribution in [3.8, 4) is 16.2 Å². The fourth-order valence-corrected chi connectivity index (χ4v) is 5.75. The van der Waals surface area contributed by atoms with E-state index in [4.69, 9.17) is 4.74 Å².